The number of fused-ring (bicyclic) bond motifs is 1. The lowest BCUT2D eigenvalue weighted by atomic mass is 10.1. The maximum Gasteiger partial charge on any atom is 0.190 e. The van der Waals surface area contributed by atoms with Gasteiger partial charge in [0.25, 0.3) is 0 Å². The van der Waals surface area contributed by atoms with Gasteiger partial charge in [0.1, 0.15) is 5.82 Å². The summed E-state index contributed by atoms with van der Waals surface area (Å²) in [7, 11) is 1.80. The molecule has 0 bridgehead atoms. The van der Waals surface area contributed by atoms with Crippen molar-refractivity contribution in [3.05, 3.63) is 35.8 Å². The third kappa shape index (κ3) is 7.39. The summed E-state index contributed by atoms with van der Waals surface area (Å²) in [5, 5.41) is 7.85. The standard InChI is InChI=1S/C22H35FN6.HI/c1-3-28-12-14-29(15-13-28)11-5-4-9-25-22(24-2)26-10-8-18-17-27-21-16-19(23)6-7-20(18)21;/h6-7,16-17,27H,3-5,8-15H2,1-2H3,(H2,24,25,26);1H. The van der Waals surface area contributed by atoms with Crippen LogP contribution in [0.5, 0.6) is 0 Å². The first-order chi connectivity index (χ1) is 14.2. The molecule has 0 atom stereocenters. The smallest absolute Gasteiger partial charge is 0.190 e. The van der Waals surface area contributed by atoms with Gasteiger partial charge in [-0.1, -0.05) is 6.92 Å². The molecule has 6 nitrogen and oxygen atoms in total. The van der Waals surface area contributed by atoms with Crippen LogP contribution in [0.25, 0.3) is 10.9 Å². The molecule has 1 aromatic heterocycles. The Bertz CT molecular complexity index is 785. The van der Waals surface area contributed by atoms with Gasteiger partial charge in [-0.2, -0.15) is 0 Å². The molecular formula is C22H36FIN6. The van der Waals surface area contributed by atoms with Crippen molar-refractivity contribution in [3.63, 3.8) is 0 Å². The van der Waals surface area contributed by atoms with E-state index in [-0.39, 0.29) is 29.8 Å². The Morgan fingerprint density at radius 2 is 1.83 bits per heavy atom. The van der Waals surface area contributed by atoms with Crippen LogP contribution in [-0.4, -0.2) is 80.1 Å². The van der Waals surface area contributed by atoms with Gasteiger partial charge in [-0.3, -0.25) is 4.99 Å². The molecule has 0 saturated carbocycles. The van der Waals surface area contributed by atoms with E-state index < -0.39 is 0 Å². The molecule has 168 valence electrons. The predicted molar refractivity (Wildman–Crippen MR) is 135 cm³/mol. The topological polar surface area (TPSA) is 58.7 Å². The van der Waals surface area contributed by atoms with E-state index in [1.54, 1.807) is 7.05 Å². The Morgan fingerprint density at radius 1 is 1.10 bits per heavy atom. The molecule has 0 radical (unpaired) electrons. The largest absolute Gasteiger partial charge is 0.361 e. The third-order valence-corrected chi connectivity index (χ3v) is 5.75. The summed E-state index contributed by atoms with van der Waals surface area (Å²) in [4.78, 5) is 12.5. The van der Waals surface area contributed by atoms with Gasteiger partial charge in [0.15, 0.2) is 5.96 Å². The van der Waals surface area contributed by atoms with Gasteiger partial charge in [0, 0.05) is 63.4 Å². The Morgan fingerprint density at radius 3 is 2.57 bits per heavy atom. The fourth-order valence-electron chi connectivity index (χ4n) is 3.90. The quantitative estimate of drug-likeness (QED) is 0.202. The van der Waals surface area contributed by atoms with E-state index in [1.807, 2.05) is 12.3 Å². The fourth-order valence-corrected chi connectivity index (χ4v) is 3.90. The average molecular weight is 530 g/mol. The van der Waals surface area contributed by atoms with Crippen LogP contribution >= 0.6 is 24.0 Å². The van der Waals surface area contributed by atoms with Crippen molar-refractivity contribution in [2.24, 2.45) is 4.99 Å². The maximum atomic E-state index is 13.3. The molecule has 8 heteroatoms. The van der Waals surface area contributed by atoms with Crippen LogP contribution in [0.3, 0.4) is 0 Å². The molecule has 1 aliphatic heterocycles. The van der Waals surface area contributed by atoms with Crippen LogP contribution in [0.4, 0.5) is 4.39 Å². The molecule has 30 heavy (non-hydrogen) atoms. The number of aliphatic imine (C=N–C) groups is 1. The van der Waals surface area contributed by atoms with Crippen molar-refractivity contribution in [1.29, 1.82) is 0 Å². The second-order valence-electron chi connectivity index (χ2n) is 7.66. The normalized spacial score (nSPS) is 15.9. The molecule has 3 N–H and O–H groups in total. The summed E-state index contributed by atoms with van der Waals surface area (Å²) >= 11 is 0. The van der Waals surface area contributed by atoms with Crippen LogP contribution in [0.2, 0.25) is 0 Å². The fraction of sp³-hybridized carbons (Fsp3) is 0.591. The molecule has 1 aliphatic rings. The monoisotopic (exact) mass is 530 g/mol. The lowest BCUT2D eigenvalue weighted by molar-refractivity contribution is 0.136. The minimum Gasteiger partial charge on any atom is -0.361 e. The zero-order chi connectivity index (χ0) is 20.5. The number of hydrogen-bond donors (Lipinski definition) is 3. The van der Waals surface area contributed by atoms with E-state index in [1.165, 1.54) is 63.4 Å². The van der Waals surface area contributed by atoms with E-state index in [2.05, 4.69) is 37.3 Å². The van der Waals surface area contributed by atoms with E-state index in [4.69, 9.17) is 0 Å². The first-order valence-corrected chi connectivity index (χ1v) is 10.8. The number of aromatic amines is 1. The van der Waals surface area contributed by atoms with E-state index in [9.17, 15) is 4.39 Å². The van der Waals surface area contributed by atoms with Gasteiger partial charge in [-0.15, -0.1) is 24.0 Å². The molecule has 0 amide bonds. The van der Waals surface area contributed by atoms with E-state index in [0.29, 0.717) is 0 Å². The minimum atomic E-state index is -0.211. The summed E-state index contributed by atoms with van der Waals surface area (Å²) in [5.41, 5.74) is 2.03. The number of halogens is 2. The lowest BCUT2D eigenvalue weighted by Gasteiger charge is -2.34. The molecule has 2 heterocycles. The Labute approximate surface area is 196 Å². The van der Waals surface area contributed by atoms with E-state index >= 15 is 0 Å². The maximum absolute atomic E-state index is 13.3. The van der Waals surface area contributed by atoms with Gasteiger partial charge in [-0.25, -0.2) is 4.39 Å². The summed E-state index contributed by atoms with van der Waals surface area (Å²) in [6.45, 7) is 11.1. The number of piperazine rings is 1. The molecule has 1 saturated heterocycles. The zero-order valence-electron chi connectivity index (χ0n) is 18.2. The zero-order valence-corrected chi connectivity index (χ0v) is 20.5. The number of guanidine groups is 1. The summed E-state index contributed by atoms with van der Waals surface area (Å²) in [6, 6.07) is 4.89. The average Bonchev–Trinajstić information content (AvgIpc) is 3.14. The van der Waals surface area contributed by atoms with Gasteiger partial charge in [-0.05, 0) is 56.1 Å². The third-order valence-electron chi connectivity index (χ3n) is 5.75. The van der Waals surface area contributed by atoms with Gasteiger partial charge < -0.3 is 25.4 Å². The van der Waals surface area contributed by atoms with Crippen LogP contribution in [0, 0.1) is 5.82 Å². The molecule has 0 aliphatic carbocycles. The van der Waals surface area contributed by atoms with Crippen LogP contribution in [0.15, 0.2) is 29.4 Å². The van der Waals surface area contributed by atoms with Crippen molar-refractivity contribution in [2.75, 3.05) is 59.4 Å². The number of nitrogens with zero attached hydrogens (tertiary/aromatic N) is 3. The van der Waals surface area contributed by atoms with Crippen molar-refractivity contribution >= 4 is 40.8 Å². The van der Waals surface area contributed by atoms with Gasteiger partial charge >= 0.3 is 0 Å². The van der Waals surface area contributed by atoms with Crippen molar-refractivity contribution in [2.45, 2.75) is 26.2 Å². The molecule has 0 spiro atoms. The van der Waals surface area contributed by atoms with Crippen LogP contribution in [-0.2, 0) is 6.42 Å². The molecule has 2 aromatic rings. The van der Waals surface area contributed by atoms with E-state index in [0.717, 1.165) is 42.8 Å². The second-order valence-corrected chi connectivity index (χ2v) is 7.66. The molecular weight excluding hydrogens is 494 g/mol. The Hall–Kier alpha value is -1.39. The van der Waals surface area contributed by atoms with Crippen molar-refractivity contribution in [3.8, 4) is 0 Å². The minimum absolute atomic E-state index is 0. The van der Waals surface area contributed by atoms with Crippen LogP contribution < -0.4 is 10.6 Å². The lowest BCUT2D eigenvalue weighted by Crippen LogP contribution is -2.46. The summed E-state index contributed by atoms with van der Waals surface area (Å²) in [6.07, 6.45) is 5.17. The highest BCUT2D eigenvalue weighted by atomic mass is 127. The van der Waals surface area contributed by atoms with Crippen molar-refractivity contribution in [1.82, 2.24) is 25.4 Å². The molecule has 0 unspecified atom stereocenters. The molecule has 1 aromatic carbocycles. The predicted octanol–water partition coefficient (Wildman–Crippen LogP) is 3.05. The Balaban J connectivity index is 0.00000320. The molecule has 3 rings (SSSR count). The first-order valence-electron chi connectivity index (χ1n) is 10.8. The van der Waals surface area contributed by atoms with Crippen molar-refractivity contribution < 1.29 is 4.39 Å². The highest BCUT2D eigenvalue weighted by Gasteiger charge is 2.14. The SMILES string of the molecule is CCN1CCN(CCCCNC(=NC)NCCc2c[nH]c3cc(F)ccc23)CC1.I. The number of benzene rings is 1. The number of H-pyrrole nitrogens is 1. The number of aromatic nitrogens is 1. The van der Waals surface area contributed by atoms with Gasteiger partial charge in [0.05, 0.1) is 0 Å². The van der Waals surface area contributed by atoms with Crippen LogP contribution in [0.1, 0.15) is 25.3 Å². The summed E-state index contributed by atoms with van der Waals surface area (Å²) in [5.74, 6) is 0.629. The Kier molecular flexibility index (Phi) is 10.9. The number of likely N-dealkylation sites (N-methyl/N-ethyl adjacent to an activating group) is 1. The van der Waals surface area contributed by atoms with Gasteiger partial charge in [0.2, 0.25) is 0 Å². The molecule has 1 fully saturated rings. The summed E-state index contributed by atoms with van der Waals surface area (Å²) < 4.78 is 13.3. The number of nitrogens with one attached hydrogen (secondary N) is 3. The first kappa shape index (κ1) is 24.9. The number of rotatable bonds is 9. The highest BCUT2D eigenvalue weighted by molar-refractivity contribution is 14.0. The number of hydrogen-bond acceptors (Lipinski definition) is 3. The highest BCUT2D eigenvalue weighted by Crippen LogP contribution is 2.19. The second kappa shape index (κ2) is 13.1. The number of unbranched alkanes of at least 4 members (excludes halogenated alkanes) is 1.